The second-order valence-electron chi connectivity index (χ2n) is 3.63. The SMILES string of the molecule is CCc1cnc(CNS(=O)(=O)c2ccc(C#N)s2)o1. The van der Waals surface area contributed by atoms with Gasteiger partial charge in [0.2, 0.25) is 5.89 Å². The van der Waals surface area contributed by atoms with E-state index in [9.17, 15) is 8.42 Å². The Morgan fingerprint density at radius 1 is 1.53 bits per heavy atom. The molecule has 100 valence electrons. The molecule has 19 heavy (non-hydrogen) atoms. The average molecular weight is 297 g/mol. The summed E-state index contributed by atoms with van der Waals surface area (Å²) in [4.78, 5) is 4.31. The van der Waals surface area contributed by atoms with Gasteiger partial charge >= 0.3 is 0 Å². The molecule has 0 aromatic carbocycles. The molecule has 0 aliphatic heterocycles. The van der Waals surface area contributed by atoms with Gasteiger partial charge in [-0.05, 0) is 12.1 Å². The summed E-state index contributed by atoms with van der Waals surface area (Å²) in [5, 5.41) is 8.67. The Bertz CT molecular complexity index is 710. The highest BCUT2D eigenvalue weighted by Crippen LogP contribution is 2.20. The summed E-state index contributed by atoms with van der Waals surface area (Å²) >= 11 is 0.922. The lowest BCUT2D eigenvalue weighted by molar-refractivity contribution is 0.452. The third kappa shape index (κ3) is 3.20. The van der Waals surface area contributed by atoms with Crippen LogP contribution in [0.1, 0.15) is 23.5 Å². The normalized spacial score (nSPS) is 11.4. The number of rotatable bonds is 5. The molecule has 0 saturated carbocycles. The molecule has 1 N–H and O–H groups in total. The molecule has 6 nitrogen and oxygen atoms in total. The Morgan fingerprint density at radius 2 is 2.32 bits per heavy atom. The van der Waals surface area contributed by atoms with E-state index < -0.39 is 10.0 Å². The molecule has 0 spiro atoms. The van der Waals surface area contributed by atoms with Crippen molar-refractivity contribution in [1.82, 2.24) is 9.71 Å². The number of aromatic nitrogens is 1. The van der Waals surface area contributed by atoms with Crippen molar-refractivity contribution in [2.24, 2.45) is 0 Å². The molecule has 0 aliphatic carbocycles. The zero-order valence-corrected chi connectivity index (χ0v) is 11.7. The molecule has 2 rings (SSSR count). The van der Waals surface area contributed by atoms with Crippen molar-refractivity contribution in [3.63, 3.8) is 0 Å². The molecule has 0 bridgehead atoms. The van der Waals surface area contributed by atoms with Crippen LogP contribution in [0.5, 0.6) is 0 Å². The standard InChI is InChI=1S/C11H11N3O3S2/c1-2-8-6-13-10(17-8)7-14-19(15,16)11-4-3-9(5-12)18-11/h3-4,6,14H,2,7H2,1H3. The first-order valence-corrected chi connectivity index (χ1v) is 7.78. The van der Waals surface area contributed by atoms with Crippen LogP contribution < -0.4 is 4.72 Å². The van der Waals surface area contributed by atoms with E-state index in [4.69, 9.17) is 9.68 Å². The van der Waals surface area contributed by atoms with E-state index in [-0.39, 0.29) is 10.8 Å². The quantitative estimate of drug-likeness (QED) is 0.905. The lowest BCUT2D eigenvalue weighted by Crippen LogP contribution is -2.22. The second-order valence-corrected chi connectivity index (χ2v) is 6.71. The third-order valence-electron chi connectivity index (χ3n) is 2.32. The summed E-state index contributed by atoms with van der Waals surface area (Å²) in [6, 6.07) is 4.77. The van der Waals surface area contributed by atoms with Gasteiger partial charge in [-0.15, -0.1) is 11.3 Å². The second kappa shape index (κ2) is 5.52. The monoisotopic (exact) mass is 297 g/mol. The molecule has 0 unspecified atom stereocenters. The fraction of sp³-hybridized carbons (Fsp3) is 0.273. The van der Waals surface area contributed by atoms with Crippen LogP contribution in [0.15, 0.2) is 27.0 Å². The number of aryl methyl sites for hydroxylation is 1. The highest BCUT2D eigenvalue weighted by atomic mass is 32.2. The van der Waals surface area contributed by atoms with Crippen LogP contribution in [-0.2, 0) is 23.0 Å². The van der Waals surface area contributed by atoms with E-state index in [2.05, 4.69) is 9.71 Å². The topological polar surface area (TPSA) is 96.0 Å². The van der Waals surface area contributed by atoms with Crippen LogP contribution in [0.4, 0.5) is 0 Å². The van der Waals surface area contributed by atoms with E-state index in [0.29, 0.717) is 22.9 Å². The lowest BCUT2D eigenvalue weighted by Gasteiger charge is -2.01. The predicted octanol–water partition coefficient (Wildman–Crippen LogP) is 1.65. The van der Waals surface area contributed by atoms with E-state index in [1.807, 2.05) is 13.0 Å². The van der Waals surface area contributed by atoms with Crippen molar-refractivity contribution in [2.75, 3.05) is 0 Å². The van der Waals surface area contributed by atoms with Crippen molar-refractivity contribution < 1.29 is 12.8 Å². The molecule has 0 atom stereocenters. The minimum Gasteiger partial charge on any atom is -0.444 e. The zero-order chi connectivity index (χ0) is 13.9. The zero-order valence-electron chi connectivity index (χ0n) is 10.1. The largest absolute Gasteiger partial charge is 0.444 e. The highest BCUT2D eigenvalue weighted by molar-refractivity contribution is 7.91. The lowest BCUT2D eigenvalue weighted by atomic mass is 10.4. The molecular weight excluding hydrogens is 286 g/mol. The molecule has 2 aromatic rings. The highest BCUT2D eigenvalue weighted by Gasteiger charge is 2.17. The van der Waals surface area contributed by atoms with E-state index >= 15 is 0 Å². The van der Waals surface area contributed by atoms with Gasteiger partial charge in [0.1, 0.15) is 20.9 Å². The predicted molar refractivity (Wildman–Crippen MR) is 68.9 cm³/mol. The number of hydrogen-bond donors (Lipinski definition) is 1. The summed E-state index contributed by atoms with van der Waals surface area (Å²) in [6.07, 6.45) is 2.28. The van der Waals surface area contributed by atoms with Crippen molar-refractivity contribution in [3.05, 3.63) is 34.9 Å². The molecular formula is C11H11N3O3S2. The van der Waals surface area contributed by atoms with Crippen LogP contribution >= 0.6 is 11.3 Å². The number of nitrogens with one attached hydrogen (secondary N) is 1. The van der Waals surface area contributed by atoms with Gasteiger partial charge in [-0.1, -0.05) is 6.92 Å². The Balaban J connectivity index is 2.07. The number of oxazole rings is 1. The van der Waals surface area contributed by atoms with Gasteiger partial charge in [0.05, 0.1) is 12.7 Å². The number of hydrogen-bond acceptors (Lipinski definition) is 6. The minimum atomic E-state index is -3.63. The first-order chi connectivity index (χ1) is 9.05. The van der Waals surface area contributed by atoms with Crippen LogP contribution in [-0.4, -0.2) is 13.4 Å². The maximum absolute atomic E-state index is 11.9. The van der Waals surface area contributed by atoms with E-state index in [0.717, 1.165) is 11.3 Å². The Morgan fingerprint density at radius 3 is 2.89 bits per heavy atom. The van der Waals surface area contributed by atoms with Gasteiger partial charge in [-0.25, -0.2) is 18.1 Å². The fourth-order valence-electron chi connectivity index (χ4n) is 1.35. The number of nitriles is 1. The number of nitrogens with zero attached hydrogens (tertiary/aromatic N) is 2. The molecule has 0 fully saturated rings. The molecule has 2 heterocycles. The number of thiophene rings is 1. The molecule has 0 aliphatic rings. The Kier molecular flexibility index (Phi) is 3.99. The third-order valence-corrected chi connectivity index (χ3v) is 5.20. The van der Waals surface area contributed by atoms with Crippen LogP contribution in [0.25, 0.3) is 0 Å². The van der Waals surface area contributed by atoms with Crippen molar-refractivity contribution in [2.45, 2.75) is 24.1 Å². The molecule has 0 amide bonds. The van der Waals surface area contributed by atoms with Gasteiger partial charge in [-0.3, -0.25) is 0 Å². The smallest absolute Gasteiger partial charge is 0.250 e. The van der Waals surface area contributed by atoms with Gasteiger partial charge in [0.15, 0.2) is 0 Å². The van der Waals surface area contributed by atoms with Crippen molar-refractivity contribution in [1.29, 1.82) is 5.26 Å². The summed E-state index contributed by atoms with van der Waals surface area (Å²) < 4.78 is 31.7. The Labute approximate surface area is 114 Å². The first-order valence-electron chi connectivity index (χ1n) is 5.48. The molecule has 0 saturated heterocycles. The minimum absolute atomic E-state index is 0.0118. The van der Waals surface area contributed by atoms with Gasteiger partial charge in [0.25, 0.3) is 10.0 Å². The number of sulfonamides is 1. The Hall–Kier alpha value is -1.69. The first kappa shape index (κ1) is 13.7. The maximum Gasteiger partial charge on any atom is 0.250 e. The van der Waals surface area contributed by atoms with Gasteiger partial charge < -0.3 is 4.42 Å². The molecule has 0 radical (unpaired) electrons. The maximum atomic E-state index is 11.9. The fourth-order valence-corrected chi connectivity index (χ4v) is 3.47. The van der Waals surface area contributed by atoms with Crippen molar-refractivity contribution in [3.8, 4) is 6.07 Å². The molecule has 2 aromatic heterocycles. The van der Waals surface area contributed by atoms with Gasteiger partial charge in [-0.2, -0.15) is 5.26 Å². The van der Waals surface area contributed by atoms with E-state index in [1.165, 1.54) is 12.1 Å². The van der Waals surface area contributed by atoms with Crippen LogP contribution in [0.2, 0.25) is 0 Å². The van der Waals surface area contributed by atoms with Gasteiger partial charge in [0, 0.05) is 6.42 Å². The summed E-state index contributed by atoms with van der Waals surface area (Å²) in [5.74, 6) is 1.02. The van der Waals surface area contributed by atoms with Crippen LogP contribution in [0, 0.1) is 11.3 Å². The van der Waals surface area contributed by atoms with Crippen LogP contribution in [0.3, 0.4) is 0 Å². The molecule has 8 heteroatoms. The summed E-state index contributed by atoms with van der Waals surface area (Å²) in [5.41, 5.74) is 0. The van der Waals surface area contributed by atoms with E-state index in [1.54, 1.807) is 6.20 Å². The summed E-state index contributed by atoms with van der Waals surface area (Å²) in [7, 11) is -3.63. The summed E-state index contributed by atoms with van der Waals surface area (Å²) in [6.45, 7) is 1.91. The average Bonchev–Trinajstić information content (AvgIpc) is 3.05. The van der Waals surface area contributed by atoms with Crippen molar-refractivity contribution >= 4 is 21.4 Å².